The third-order valence-corrected chi connectivity index (χ3v) is 5.60. The van der Waals surface area contributed by atoms with Crippen molar-refractivity contribution in [2.45, 2.75) is 19.2 Å². The Kier molecular flexibility index (Phi) is 6.27. The number of fused-ring (bicyclic) bond motifs is 1. The Balaban J connectivity index is 1.45. The molecule has 0 radical (unpaired) electrons. The van der Waals surface area contributed by atoms with E-state index in [0.717, 1.165) is 12.3 Å². The number of likely N-dealkylation sites (tertiary alicyclic amines) is 1. The van der Waals surface area contributed by atoms with Crippen LogP contribution in [0, 0.1) is 11.7 Å². The Morgan fingerprint density at radius 2 is 1.74 bits per heavy atom. The highest BCUT2D eigenvalue weighted by Gasteiger charge is 2.33. The molecule has 1 aliphatic heterocycles. The van der Waals surface area contributed by atoms with Gasteiger partial charge >= 0.3 is 6.36 Å². The van der Waals surface area contributed by atoms with E-state index in [1.807, 2.05) is 0 Å². The van der Waals surface area contributed by atoms with E-state index in [1.54, 1.807) is 0 Å². The van der Waals surface area contributed by atoms with Crippen molar-refractivity contribution in [2.24, 2.45) is 5.92 Å². The van der Waals surface area contributed by atoms with Crippen molar-refractivity contribution < 1.29 is 31.9 Å². The van der Waals surface area contributed by atoms with E-state index in [1.165, 1.54) is 41.3 Å². The van der Waals surface area contributed by atoms with Crippen LogP contribution in [0.5, 0.6) is 5.75 Å². The van der Waals surface area contributed by atoms with Gasteiger partial charge in [-0.1, -0.05) is 6.07 Å². The number of aromatic nitrogens is 1. The largest absolute Gasteiger partial charge is 0.573 e. The second-order valence-corrected chi connectivity index (χ2v) is 7.82. The highest BCUT2D eigenvalue weighted by Crippen LogP contribution is 2.28. The topological polar surface area (TPSA) is 91.5 Å². The number of rotatable bonds is 4. The lowest BCUT2D eigenvalue weighted by Gasteiger charge is -2.31. The van der Waals surface area contributed by atoms with Crippen LogP contribution in [-0.2, 0) is 4.79 Å². The lowest BCUT2D eigenvalue weighted by molar-refractivity contribution is -0.274. The molecule has 1 fully saturated rings. The van der Waals surface area contributed by atoms with Crippen LogP contribution < -0.4 is 15.5 Å². The molecule has 2 aromatic carbocycles. The first kappa shape index (κ1) is 23.3. The predicted octanol–water partition coefficient (Wildman–Crippen LogP) is 4.06. The van der Waals surface area contributed by atoms with E-state index in [0.29, 0.717) is 18.5 Å². The number of benzene rings is 2. The van der Waals surface area contributed by atoms with Crippen LogP contribution in [-0.4, -0.2) is 41.2 Å². The van der Waals surface area contributed by atoms with Crippen molar-refractivity contribution in [3.63, 3.8) is 0 Å². The SMILES string of the molecule is O=C(Nc1ccc(F)cc1)C1CCN(C(=O)c2c[nH]c3c(OC(F)(F)F)cccc3c2=O)CC1. The van der Waals surface area contributed by atoms with Gasteiger partial charge in [0.1, 0.15) is 11.4 Å². The fraction of sp³-hybridized carbons (Fsp3) is 0.261. The maximum Gasteiger partial charge on any atom is 0.573 e. The first-order valence-corrected chi connectivity index (χ1v) is 10.4. The van der Waals surface area contributed by atoms with Crippen molar-refractivity contribution >= 4 is 28.4 Å². The van der Waals surface area contributed by atoms with Crippen molar-refractivity contribution in [1.82, 2.24) is 9.88 Å². The minimum Gasteiger partial charge on any atom is -0.404 e. The Bertz CT molecular complexity index is 1280. The number of carbonyl (C=O) groups excluding carboxylic acids is 2. The highest BCUT2D eigenvalue weighted by molar-refractivity contribution is 5.98. The molecular weight excluding hydrogens is 458 g/mol. The monoisotopic (exact) mass is 477 g/mol. The number of alkyl halides is 3. The van der Waals surface area contributed by atoms with E-state index in [4.69, 9.17) is 0 Å². The molecule has 0 unspecified atom stereocenters. The van der Waals surface area contributed by atoms with Gasteiger partial charge in [-0.2, -0.15) is 0 Å². The fourth-order valence-electron chi connectivity index (χ4n) is 3.89. The van der Waals surface area contributed by atoms with Gasteiger partial charge in [0.2, 0.25) is 11.3 Å². The first-order valence-electron chi connectivity index (χ1n) is 10.4. The normalized spacial score (nSPS) is 14.8. The molecule has 2 N–H and O–H groups in total. The van der Waals surface area contributed by atoms with E-state index < -0.39 is 29.3 Å². The van der Waals surface area contributed by atoms with Crippen molar-refractivity contribution in [1.29, 1.82) is 0 Å². The average Bonchev–Trinajstić information content (AvgIpc) is 2.80. The fourth-order valence-corrected chi connectivity index (χ4v) is 3.89. The van der Waals surface area contributed by atoms with Crippen LogP contribution in [0.3, 0.4) is 0 Å². The summed E-state index contributed by atoms with van der Waals surface area (Å²) in [5.41, 5.74) is -0.646. The Hall–Kier alpha value is -3.89. The van der Waals surface area contributed by atoms with E-state index in [-0.39, 0.29) is 41.4 Å². The van der Waals surface area contributed by atoms with Crippen molar-refractivity contribution in [3.8, 4) is 5.75 Å². The second-order valence-electron chi connectivity index (χ2n) is 7.82. The Labute approximate surface area is 190 Å². The molecule has 7 nitrogen and oxygen atoms in total. The molecule has 1 aliphatic rings. The number of ether oxygens (including phenoxy) is 1. The summed E-state index contributed by atoms with van der Waals surface area (Å²) in [6.07, 6.45) is -3.15. The molecule has 11 heteroatoms. The third kappa shape index (κ3) is 5.03. The number of anilines is 1. The second kappa shape index (κ2) is 9.16. The van der Waals surface area contributed by atoms with Crippen LogP contribution in [0.25, 0.3) is 10.9 Å². The minimum absolute atomic E-state index is 0.110. The smallest absolute Gasteiger partial charge is 0.404 e. The quantitative estimate of drug-likeness (QED) is 0.555. The lowest BCUT2D eigenvalue weighted by Crippen LogP contribution is -2.42. The summed E-state index contributed by atoms with van der Waals surface area (Å²) in [4.78, 5) is 42.2. The molecule has 34 heavy (non-hydrogen) atoms. The maximum atomic E-state index is 13.0. The maximum absolute atomic E-state index is 13.0. The van der Waals surface area contributed by atoms with Gasteiger partial charge in [-0.3, -0.25) is 14.4 Å². The van der Waals surface area contributed by atoms with E-state index in [2.05, 4.69) is 15.0 Å². The number of halogens is 4. The number of nitrogens with one attached hydrogen (secondary N) is 2. The first-order chi connectivity index (χ1) is 16.1. The molecule has 1 aromatic heterocycles. The summed E-state index contributed by atoms with van der Waals surface area (Å²) >= 11 is 0. The van der Waals surface area contributed by atoms with Crippen molar-refractivity contribution in [2.75, 3.05) is 18.4 Å². The van der Waals surface area contributed by atoms with Crippen LogP contribution in [0.1, 0.15) is 23.2 Å². The van der Waals surface area contributed by atoms with E-state index in [9.17, 15) is 31.9 Å². The number of amides is 2. The van der Waals surface area contributed by atoms with Gasteiger partial charge in [-0.15, -0.1) is 13.2 Å². The Morgan fingerprint density at radius 1 is 1.06 bits per heavy atom. The zero-order chi connectivity index (χ0) is 24.5. The van der Waals surface area contributed by atoms with Gasteiger partial charge in [0.25, 0.3) is 5.91 Å². The van der Waals surface area contributed by atoms with Gasteiger partial charge in [-0.25, -0.2) is 4.39 Å². The molecule has 2 amide bonds. The predicted molar refractivity (Wildman–Crippen MR) is 115 cm³/mol. The minimum atomic E-state index is -4.94. The summed E-state index contributed by atoms with van der Waals surface area (Å²) < 4.78 is 54.8. The summed E-state index contributed by atoms with van der Waals surface area (Å²) in [6, 6.07) is 8.96. The number of para-hydroxylation sites is 1. The van der Waals surface area contributed by atoms with Crippen LogP contribution in [0.4, 0.5) is 23.2 Å². The molecule has 0 aliphatic carbocycles. The number of nitrogens with zero attached hydrogens (tertiary/aromatic N) is 1. The van der Waals surface area contributed by atoms with Crippen molar-refractivity contribution in [3.05, 3.63) is 70.3 Å². The third-order valence-electron chi connectivity index (χ3n) is 5.60. The molecule has 1 saturated heterocycles. The number of pyridine rings is 1. The molecular formula is C23H19F4N3O4. The Morgan fingerprint density at radius 3 is 2.38 bits per heavy atom. The van der Waals surface area contributed by atoms with Gasteiger partial charge in [-0.05, 0) is 49.2 Å². The average molecular weight is 477 g/mol. The highest BCUT2D eigenvalue weighted by atomic mass is 19.4. The molecule has 0 bridgehead atoms. The van der Waals surface area contributed by atoms with Gasteiger partial charge < -0.3 is 19.9 Å². The zero-order valence-corrected chi connectivity index (χ0v) is 17.6. The molecule has 2 heterocycles. The van der Waals surface area contributed by atoms with Gasteiger partial charge in [0, 0.05) is 30.9 Å². The molecule has 0 saturated carbocycles. The molecule has 4 rings (SSSR count). The number of piperidine rings is 1. The zero-order valence-electron chi connectivity index (χ0n) is 17.6. The van der Waals surface area contributed by atoms with Crippen LogP contribution in [0.15, 0.2) is 53.5 Å². The summed E-state index contributed by atoms with van der Waals surface area (Å²) in [5.74, 6) is -2.19. The van der Waals surface area contributed by atoms with Gasteiger partial charge in [0.05, 0.1) is 10.9 Å². The molecule has 3 aromatic rings. The molecule has 178 valence electrons. The molecule has 0 atom stereocenters. The van der Waals surface area contributed by atoms with E-state index >= 15 is 0 Å². The number of carbonyl (C=O) groups is 2. The lowest BCUT2D eigenvalue weighted by atomic mass is 9.95. The van der Waals surface area contributed by atoms with Crippen LogP contribution in [0.2, 0.25) is 0 Å². The van der Waals surface area contributed by atoms with Gasteiger partial charge in [0.15, 0.2) is 5.75 Å². The number of hydrogen-bond acceptors (Lipinski definition) is 4. The number of aromatic amines is 1. The standard InChI is InChI=1S/C23H19F4N3O4/c24-14-4-6-15(7-5-14)29-21(32)13-8-10-30(11-9-13)22(33)17-12-28-19-16(20(17)31)2-1-3-18(19)34-23(25,26)27/h1-7,12-13H,8-11H2,(H,28,31)(H,29,32). The summed E-state index contributed by atoms with van der Waals surface area (Å²) in [5, 5.41) is 2.60. The molecule has 0 spiro atoms. The number of hydrogen-bond donors (Lipinski definition) is 2. The summed E-state index contributed by atoms with van der Waals surface area (Å²) in [7, 11) is 0. The van der Waals surface area contributed by atoms with Crippen LogP contribution >= 0.6 is 0 Å². The summed E-state index contributed by atoms with van der Waals surface area (Å²) in [6.45, 7) is 0.435. The number of H-pyrrole nitrogens is 1.